The molecule has 0 aliphatic rings. The van der Waals surface area contributed by atoms with E-state index < -0.39 is 5.91 Å². The van der Waals surface area contributed by atoms with E-state index in [0.717, 1.165) is 11.1 Å². The molecule has 0 bridgehead atoms. The largest absolute Gasteiger partial charge is 0.288 e. The van der Waals surface area contributed by atoms with Gasteiger partial charge in [0.15, 0.2) is 0 Å². The van der Waals surface area contributed by atoms with Gasteiger partial charge in [0.2, 0.25) is 0 Å². The van der Waals surface area contributed by atoms with Crippen molar-refractivity contribution in [2.24, 2.45) is 0 Å². The van der Waals surface area contributed by atoms with Gasteiger partial charge in [-0.05, 0) is 31.2 Å². The number of amides is 1. The fourth-order valence-corrected chi connectivity index (χ4v) is 3.13. The molecule has 2 aromatic carbocycles. The number of nitrogens with one attached hydrogen (secondary N) is 1. The van der Waals surface area contributed by atoms with Crippen molar-refractivity contribution in [1.82, 2.24) is 10.5 Å². The van der Waals surface area contributed by atoms with Crippen molar-refractivity contribution in [2.45, 2.75) is 6.92 Å². The number of thiazole rings is 1. The lowest BCUT2D eigenvalue weighted by molar-refractivity contribution is 0.0711. The molecule has 116 valence electrons. The van der Waals surface area contributed by atoms with Crippen LogP contribution < -0.4 is 5.48 Å². The fraction of sp³-hybridized carbons (Fsp3) is 0.0588. The Morgan fingerprint density at radius 1 is 1.09 bits per heavy atom. The molecule has 0 saturated heterocycles. The second-order valence-corrected chi connectivity index (χ2v) is 6.01. The topological polar surface area (TPSA) is 62.2 Å². The van der Waals surface area contributed by atoms with Crippen LogP contribution in [0.2, 0.25) is 0 Å². The summed E-state index contributed by atoms with van der Waals surface area (Å²) in [5.74, 6) is -1.00. The van der Waals surface area contributed by atoms with Gasteiger partial charge < -0.3 is 0 Å². The Kier molecular flexibility index (Phi) is 4.18. The van der Waals surface area contributed by atoms with E-state index >= 15 is 0 Å². The molecule has 0 aliphatic heterocycles. The van der Waals surface area contributed by atoms with Crippen LogP contribution in [0.3, 0.4) is 0 Å². The summed E-state index contributed by atoms with van der Waals surface area (Å²) in [5, 5.41) is 9.59. The van der Waals surface area contributed by atoms with Gasteiger partial charge in [0.1, 0.15) is 15.7 Å². The highest BCUT2D eigenvalue weighted by Crippen LogP contribution is 2.34. The van der Waals surface area contributed by atoms with E-state index in [1.165, 1.54) is 23.5 Å². The molecule has 23 heavy (non-hydrogen) atoms. The molecule has 2 N–H and O–H groups in total. The second-order valence-electron chi connectivity index (χ2n) is 5.01. The molecule has 3 rings (SSSR count). The van der Waals surface area contributed by atoms with E-state index in [4.69, 9.17) is 5.21 Å². The van der Waals surface area contributed by atoms with Gasteiger partial charge in [0.05, 0.1) is 5.69 Å². The third kappa shape index (κ3) is 3.13. The number of benzene rings is 2. The molecule has 0 spiro atoms. The number of rotatable bonds is 3. The first-order chi connectivity index (χ1) is 11.1. The highest BCUT2D eigenvalue weighted by Gasteiger charge is 2.20. The molecule has 1 amide bonds. The van der Waals surface area contributed by atoms with Crippen LogP contribution in [0.1, 0.15) is 15.2 Å². The minimum absolute atomic E-state index is 0.273. The Morgan fingerprint density at radius 2 is 1.70 bits per heavy atom. The van der Waals surface area contributed by atoms with E-state index in [0.29, 0.717) is 16.3 Å². The molecule has 0 fully saturated rings. The predicted octanol–water partition coefficient (Wildman–Crippen LogP) is 4.04. The van der Waals surface area contributed by atoms with Crippen LogP contribution in [0.4, 0.5) is 4.39 Å². The predicted molar refractivity (Wildman–Crippen MR) is 86.9 cm³/mol. The summed E-state index contributed by atoms with van der Waals surface area (Å²) in [7, 11) is 0. The van der Waals surface area contributed by atoms with Gasteiger partial charge in [-0.15, -0.1) is 11.3 Å². The first-order valence-electron chi connectivity index (χ1n) is 6.86. The highest BCUT2D eigenvalue weighted by molar-refractivity contribution is 7.17. The molecule has 0 radical (unpaired) electrons. The summed E-state index contributed by atoms with van der Waals surface area (Å²) in [6.07, 6.45) is 0. The number of carbonyl (C=O) groups is 1. The van der Waals surface area contributed by atoms with Gasteiger partial charge in [0, 0.05) is 11.1 Å². The fourth-order valence-electron chi connectivity index (χ4n) is 2.15. The lowest BCUT2D eigenvalue weighted by Gasteiger charge is -2.00. The van der Waals surface area contributed by atoms with Crippen LogP contribution in [-0.2, 0) is 0 Å². The third-order valence-corrected chi connectivity index (χ3v) is 4.45. The zero-order valence-electron chi connectivity index (χ0n) is 12.2. The molecule has 0 aliphatic carbocycles. The molecule has 0 atom stereocenters. The first kappa shape index (κ1) is 15.3. The van der Waals surface area contributed by atoms with Crippen LogP contribution in [0, 0.1) is 12.7 Å². The van der Waals surface area contributed by atoms with Gasteiger partial charge in [-0.3, -0.25) is 10.0 Å². The molecular weight excluding hydrogens is 315 g/mol. The zero-order chi connectivity index (χ0) is 16.4. The lowest BCUT2D eigenvalue weighted by atomic mass is 10.1. The van der Waals surface area contributed by atoms with Crippen LogP contribution >= 0.6 is 11.3 Å². The van der Waals surface area contributed by atoms with Crippen molar-refractivity contribution in [3.8, 4) is 21.8 Å². The number of hydroxylamine groups is 1. The zero-order valence-corrected chi connectivity index (χ0v) is 13.0. The first-order valence-corrected chi connectivity index (χ1v) is 7.68. The van der Waals surface area contributed by atoms with Crippen LogP contribution in [-0.4, -0.2) is 16.1 Å². The molecule has 4 nitrogen and oxygen atoms in total. The average Bonchev–Trinajstić information content (AvgIpc) is 3.00. The Hall–Kier alpha value is -2.57. The Bertz CT molecular complexity index is 842. The molecule has 3 aromatic rings. The Morgan fingerprint density at radius 3 is 2.30 bits per heavy atom. The lowest BCUT2D eigenvalue weighted by Crippen LogP contribution is -2.18. The number of nitrogens with zero attached hydrogens (tertiary/aromatic N) is 1. The Balaban J connectivity index is 2.12. The molecule has 0 saturated carbocycles. The summed E-state index contributed by atoms with van der Waals surface area (Å²) < 4.78 is 13.1. The summed E-state index contributed by atoms with van der Waals surface area (Å²) in [6.45, 7) is 1.99. The normalized spacial score (nSPS) is 10.6. The van der Waals surface area contributed by atoms with Gasteiger partial charge in [0.25, 0.3) is 5.91 Å². The number of halogens is 1. The standard InChI is InChI=1S/C17H13FN2O2S/c1-10-2-4-12(5-3-10)17-19-14(15(23-17)16(21)20-22)11-6-8-13(18)9-7-11/h2-9,22H,1H3,(H,20,21). The van der Waals surface area contributed by atoms with Crippen LogP contribution in [0.15, 0.2) is 48.5 Å². The summed E-state index contributed by atoms with van der Waals surface area (Å²) in [5.41, 5.74) is 4.66. The van der Waals surface area contributed by atoms with E-state index in [1.807, 2.05) is 31.2 Å². The maximum absolute atomic E-state index is 13.1. The smallest absolute Gasteiger partial charge is 0.287 e. The number of hydrogen-bond acceptors (Lipinski definition) is 4. The monoisotopic (exact) mass is 328 g/mol. The van der Waals surface area contributed by atoms with Gasteiger partial charge >= 0.3 is 0 Å². The molecule has 1 heterocycles. The molecule has 0 unspecified atom stereocenters. The van der Waals surface area contributed by atoms with Gasteiger partial charge in [-0.1, -0.05) is 29.8 Å². The van der Waals surface area contributed by atoms with Crippen LogP contribution in [0.5, 0.6) is 0 Å². The maximum Gasteiger partial charge on any atom is 0.287 e. The van der Waals surface area contributed by atoms with Crippen molar-refractivity contribution < 1.29 is 14.4 Å². The van der Waals surface area contributed by atoms with Crippen molar-refractivity contribution in [2.75, 3.05) is 0 Å². The molecular formula is C17H13FN2O2S. The summed E-state index contributed by atoms with van der Waals surface area (Å²) in [4.78, 5) is 16.7. The maximum atomic E-state index is 13.1. The summed E-state index contributed by atoms with van der Waals surface area (Å²) in [6, 6.07) is 13.5. The molecule has 1 aromatic heterocycles. The van der Waals surface area contributed by atoms with Gasteiger partial charge in [-0.2, -0.15) is 0 Å². The number of aryl methyl sites for hydroxylation is 1. The van der Waals surface area contributed by atoms with E-state index in [2.05, 4.69) is 4.98 Å². The number of carbonyl (C=O) groups excluding carboxylic acids is 1. The minimum Gasteiger partial charge on any atom is -0.288 e. The van der Waals surface area contributed by atoms with Crippen molar-refractivity contribution in [3.63, 3.8) is 0 Å². The minimum atomic E-state index is -0.639. The van der Waals surface area contributed by atoms with E-state index in [9.17, 15) is 9.18 Å². The SMILES string of the molecule is Cc1ccc(-c2nc(-c3ccc(F)cc3)c(C(=O)NO)s2)cc1. The number of aromatic nitrogens is 1. The Labute approximate surface area is 136 Å². The number of hydrogen-bond donors (Lipinski definition) is 2. The van der Waals surface area contributed by atoms with Crippen molar-refractivity contribution in [1.29, 1.82) is 0 Å². The highest BCUT2D eigenvalue weighted by atomic mass is 32.1. The second kappa shape index (κ2) is 6.28. The third-order valence-electron chi connectivity index (χ3n) is 3.35. The van der Waals surface area contributed by atoms with Gasteiger partial charge in [-0.25, -0.2) is 14.9 Å². The summed E-state index contributed by atoms with van der Waals surface area (Å²) >= 11 is 1.17. The van der Waals surface area contributed by atoms with Crippen molar-refractivity contribution in [3.05, 3.63) is 64.8 Å². The van der Waals surface area contributed by atoms with E-state index in [1.54, 1.807) is 17.6 Å². The van der Waals surface area contributed by atoms with Crippen LogP contribution in [0.25, 0.3) is 21.8 Å². The average molecular weight is 328 g/mol. The van der Waals surface area contributed by atoms with E-state index in [-0.39, 0.29) is 10.7 Å². The van der Waals surface area contributed by atoms with Crippen molar-refractivity contribution >= 4 is 17.2 Å². The molecule has 6 heteroatoms. The quantitative estimate of drug-likeness (QED) is 0.563.